The molecule has 3 aromatic rings. The fraction of sp³-hybridized carbons (Fsp3) is 0.167. The van der Waals surface area contributed by atoms with E-state index >= 15 is 0 Å². The molecule has 3 aromatic carbocycles. The van der Waals surface area contributed by atoms with Crippen LogP contribution >= 0.6 is 0 Å². The highest BCUT2D eigenvalue weighted by atomic mass is 32.2. The fourth-order valence-corrected chi connectivity index (χ4v) is 4.77. The van der Waals surface area contributed by atoms with E-state index < -0.39 is 32.8 Å². The van der Waals surface area contributed by atoms with Gasteiger partial charge in [0.1, 0.15) is 16.4 Å². The van der Waals surface area contributed by atoms with Gasteiger partial charge in [0.2, 0.25) is 0 Å². The zero-order valence-electron chi connectivity index (χ0n) is 18.6. The van der Waals surface area contributed by atoms with Crippen molar-refractivity contribution in [3.63, 3.8) is 0 Å². The Kier molecular flexibility index (Phi) is 6.14. The van der Waals surface area contributed by atoms with E-state index in [-0.39, 0.29) is 24.4 Å². The molecule has 6 N–H and O–H groups in total. The Hall–Kier alpha value is -4.09. The van der Waals surface area contributed by atoms with Gasteiger partial charge in [-0.1, -0.05) is 24.3 Å². The lowest BCUT2D eigenvalue weighted by atomic mass is 9.80. The van der Waals surface area contributed by atoms with Crippen LogP contribution in [-0.2, 0) is 14.9 Å². The van der Waals surface area contributed by atoms with Crippen LogP contribution in [0.5, 0.6) is 11.5 Å². The number of carbonyl (C=O) groups is 2. The van der Waals surface area contributed by atoms with Crippen LogP contribution < -0.4 is 16.2 Å². The Balaban J connectivity index is 1.93. The Morgan fingerprint density at radius 2 is 1.69 bits per heavy atom. The Labute approximate surface area is 201 Å². The van der Waals surface area contributed by atoms with E-state index in [0.717, 1.165) is 0 Å². The van der Waals surface area contributed by atoms with Crippen LogP contribution in [0.4, 0.5) is 11.4 Å². The number of carbonyl (C=O) groups excluding carboxylic acids is 1. The second-order valence-electron chi connectivity index (χ2n) is 8.19. The summed E-state index contributed by atoms with van der Waals surface area (Å²) in [5.41, 5.74) is 13.9. The normalized spacial score (nSPS) is 14.4. The van der Waals surface area contributed by atoms with Crippen LogP contribution in [0.3, 0.4) is 0 Å². The average Bonchev–Trinajstić information content (AvgIpc) is 2.79. The predicted molar refractivity (Wildman–Crippen MR) is 128 cm³/mol. The minimum Gasteiger partial charge on any atom is -0.481 e. The maximum absolute atomic E-state index is 13.3. The summed E-state index contributed by atoms with van der Waals surface area (Å²) in [7, 11) is -3.14. The highest BCUT2D eigenvalue weighted by Crippen LogP contribution is 2.50. The maximum atomic E-state index is 13.3. The first-order chi connectivity index (χ1) is 16.5. The van der Waals surface area contributed by atoms with Gasteiger partial charge in [-0.3, -0.25) is 14.1 Å². The third-order valence-corrected chi connectivity index (χ3v) is 6.72. The lowest BCUT2D eigenvalue weighted by Crippen LogP contribution is -2.30. The monoisotopic (exact) mass is 497 g/mol. The van der Waals surface area contributed by atoms with Crippen LogP contribution in [0.25, 0.3) is 0 Å². The minimum absolute atomic E-state index is 0.00340. The van der Waals surface area contributed by atoms with Crippen molar-refractivity contribution in [2.45, 2.75) is 17.2 Å². The fourth-order valence-electron chi connectivity index (χ4n) is 4.14. The first kappa shape index (κ1) is 24.0. The molecule has 1 heterocycles. The van der Waals surface area contributed by atoms with Crippen molar-refractivity contribution in [2.24, 2.45) is 0 Å². The molecule has 4 rings (SSSR count). The molecule has 1 aliphatic heterocycles. The molecule has 35 heavy (non-hydrogen) atoms. The molecule has 1 aliphatic rings. The van der Waals surface area contributed by atoms with Gasteiger partial charge in [-0.05, 0) is 23.8 Å². The van der Waals surface area contributed by atoms with Crippen molar-refractivity contribution >= 4 is 33.4 Å². The molecule has 10 nitrogen and oxygen atoms in total. The minimum atomic E-state index is -4.64. The van der Waals surface area contributed by atoms with E-state index in [9.17, 15) is 22.6 Å². The Morgan fingerprint density at radius 3 is 2.37 bits per heavy atom. The summed E-state index contributed by atoms with van der Waals surface area (Å²) in [4.78, 5) is 25.1. The van der Waals surface area contributed by atoms with E-state index in [1.165, 1.54) is 24.1 Å². The molecule has 11 heteroatoms. The summed E-state index contributed by atoms with van der Waals surface area (Å²) >= 11 is 0. The lowest BCUT2D eigenvalue weighted by molar-refractivity contribution is -0.137. The van der Waals surface area contributed by atoms with Gasteiger partial charge >= 0.3 is 5.97 Å². The molecule has 0 radical (unpaired) electrons. The molecule has 0 aromatic heterocycles. The summed E-state index contributed by atoms with van der Waals surface area (Å²) in [6.07, 6.45) is -0.219. The lowest BCUT2D eigenvalue weighted by Gasteiger charge is -2.31. The van der Waals surface area contributed by atoms with Crippen molar-refractivity contribution in [1.29, 1.82) is 0 Å². The number of benzene rings is 3. The summed E-state index contributed by atoms with van der Waals surface area (Å²) in [5.74, 6) is -1.46. The van der Waals surface area contributed by atoms with Crippen molar-refractivity contribution in [3.8, 4) is 11.5 Å². The number of amides is 1. The summed E-state index contributed by atoms with van der Waals surface area (Å²) in [5, 5.41) is 8.99. The van der Waals surface area contributed by atoms with Gasteiger partial charge in [0.25, 0.3) is 16.0 Å². The van der Waals surface area contributed by atoms with Crippen molar-refractivity contribution in [1.82, 2.24) is 4.90 Å². The zero-order chi connectivity index (χ0) is 25.5. The molecule has 1 unspecified atom stereocenters. The number of ether oxygens (including phenoxy) is 1. The van der Waals surface area contributed by atoms with Gasteiger partial charge in [-0.15, -0.1) is 0 Å². The van der Waals surface area contributed by atoms with Crippen LogP contribution in [0.1, 0.15) is 39.4 Å². The Morgan fingerprint density at radius 1 is 1.00 bits per heavy atom. The third kappa shape index (κ3) is 4.63. The van der Waals surface area contributed by atoms with E-state index in [1.807, 2.05) is 0 Å². The van der Waals surface area contributed by atoms with Gasteiger partial charge in [-0.25, -0.2) is 0 Å². The smallest absolute Gasteiger partial charge is 0.305 e. The predicted octanol–water partition coefficient (Wildman–Crippen LogP) is 2.93. The second-order valence-corrected chi connectivity index (χ2v) is 9.58. The number of nitrogens with two attached hydrogens (primary N) is 2. The molecule has 0 saturated carbocycles. The number of anilines is 2. The number of rotatable bonds is 6. The van der Waals surface area contributed by atoms with Gasteiger partial charge < -0.3 is 26.2 Å². The number of carboxylic acids is 1. The molecule has 182 valence electrons. The molecule has 1 amide bonds. The number of aliphatic carboxylic acids is 1. The second kappa shape index (κ2) is 8.93. The van der Waals surface area contributed by atoms with Crippen molar-refractivity contribution in [2.75, 3.05) is 25.1 Å². The molecule has 0 aliphatic carbocycles. The molecule has 0 fully saturated rings. The van der Waals surface area contributed by atoms with Crippen LogP contribution in [0, 0.1) is 0 Å². The highest BCUT2D eigenvalue weighted by Gasteiger charge is 2.34. The number of hydrogen-bond acceptors (Lipinski definition) is 7. The van der Waals surface area contributed by atoms with E-state index in [2.05, 4.69) is 0 Å². The van der Waals surface area contributed by atoms with Crippen LogP contribution in [0.2, 0.25) is 0 Å². The molecule has 0 saturated heterocycles. The van der Waals surface area contributed by atoms with Crippen LogP contribution in [0.15, 0.2) is 59.5 Å². The molecular formula is C24H23N3O7S. The molecular weight excluding hydrogens is 474 g/mol. The van der Waals surface area contributed by atoms with Gasteiger partial charge in [-0.2, -0.15) is 8.42 Å². The van der Waals surface area contributed by atoms with Gasteiger partial charge in [0.05, 0.1) is 12.1 Å². The zero-order valence-corrected chi connectivity index (χ0v) is 19.5. The average molecular weight is 498 g/mol. The van der Waals surface area contributed by atoms with E-state index in [4.69, 9.17) is 21.3 Å². The summed E-state index contributed by atoms with van der Waals surface area (Å²) < 4.78 is 39.6. The first-order valence-electron chi connectivity index (χ1n) is 10.5. The summed E-state index contributed by atoms with van der Waals surface area (Å²) in [6.45, 7) is 0.00340. The standard InChI is InChI=1S/C24H23N3O7S/c1-27(9-8-22(28)29)24(30)15-5-3-2-4-14(15)23-16-7-6-13(25)10-19(16)34-20-12-18(26)21(11-17(20)23)35(31,32)33/h2-7,10-12,23H,8-9,25-26H2,1H3,(H,28,29)(H,31,32,33). The number of fused-ring (bicyclic) bond motifs is 2. The van der Waals surface area contributed by atoms with Crippen LogP contribution in [-0.4, -0.2) is 48.4 Å². The first-order valence-corrected chi connectivity index (χ1v) is 12.0. The number of hydrogen-bond donors (Lipinski definition) is 4. The third-order valence-electron chi connectivity index (χ3n) is 5.81. The molecule has 0 bridgehead atoms. The van der Waals surface area contributed by atoms with Gasteiger partial charge in [0, 0.05) is 54.0 Å². The van der Waals surface area contributed by atoms with E-state index in [0.29, 0.717) is 33.7 Å². The topological polar surface area (TPSA) is 173 Å². The Bertz CT molecular complexity index is 1450. The number of carboxylic acid groups (broad SMARTS) is 1. The molecule has 0 spiro atoms. The number of nitrogen functional groups attached to an aromatic ring is 2. The highest BCUT2D eigenvalue weighted by molar-refractivity contribution is 7.86. The van der Waals surface area contributed by atoms with Crippen molar-refractivity contribution in [3.05, 3.63) is 76.9 Å². The van der Waals surface area contributed by atoms with Gasteiger partial charge in [0.15, 0.2) is 0 Å². The summed E-state index contributed by atoms with van der Waals surface area (Å²) in [6, 6.07) is 14.3. The number of nitrogens with zero attached hydrogens (tertiary/aromatic N) is 1. The van der Waals surface area contributed by atoms with E-state index in [1.54, 1.807) is 42.5 Å². The largest absolute Gasteiger partial charge is 0.481 e. The van der Waals surface area contributed by atoms with Crippen molar-refractivity contribution < 1.29 is 32.4 Å². The SMILES string of the molecule is CN(CCC(=O)O)C(=O)c1ccccc1C1c2ccc(N)cc2Oc2cc(N)c(S(=O)(=O)O)cc21. The molecule has 1 atom stereocenters. The maximum Gasteiger partial charge on any atom is 0.305 e. The quantitative estimate of drug-likeness (QED) is 0.231.